The summed E-state index contributed by atoms with van der Waals surface area (Å²) in [6, 6.07) is 1.94. The Morgan fingerprint density at radius 2 is 2.14 bits per heavy atom. The van der Waals surface area contributed by atoms with Crippen molar-refractivity contribution in [3.63, 3.8) is 0 Å². The molecule has 154 valence electrons. The van der Waals surface area contributed by atoms with Crippen LogP contribution in [0.5, 0.6) is 0 Å². The monoisotopic (exact) mass is 408 g/mol. The molecule has 2 aromatic rings. The van der Waals surface area contributed by atoms with E-state index in [1.165, 1.54) is 10.5 Å². The molecule has 1 aliphatic rings. The molecule has 0 unspecified atom stereocenters. The summed E-state index contributed by atoms with van der Waals surface area (Å²) in [5, 5.41) is 11.3. The second-order valence-electron chi connectivity index (χ2n) is 7.28. The van der Waals surface area contributed by atoms with Gasteiger partial charge in [-0.3, -0.25) is 14.2 Å². The third kappa shape index (κ3) is 4.44. The van der Waals surface area contributed by atoms with Gasteiger partial charge in [0, 0.05) is 39.4 Å². The number of hydrogen-bond donors (Lipinski definition) is 1. The van der Waals surface area contributed by atoms with Crippen molar-refractivity contribution < 1.29 is 13.2 Å². The molecule has 0 saturated carbocycles. The van der Waals surface area contributed by atoms with E-state index in [1.807, 2.05) is 23.9 Å². The number of nitrogens with one attached hydrogen (secondary N) is 1. The van der Waals surface area contributed by atoms with Gasteiger partial charge < -0.3 is 5.32 Å². The number of aromatic nitrogens is 4. The first-order chi connectivity index (χ1) is 13.3. The Hall–Kier alpha value is -2.20. The van der Waals surface area contributed by atoms with Gasteiger partial charge in [0.15, 0.2) is 0 Å². The van der Waals surface area contributed by atoms with E-state index in [9.17, 15) is 13.2 Å². The molecule has 28 heavy (non-hydrogen) atoms. The van der Waals surface area contributed by atoms with E-state index in [2.05, 4.69) is 15.5 Å². The van der Waals surface area contributed by atoms with Gasteiger partial charge in [0.2, 0.25) is 15.9 Å². The first-order valence-corrected chi connectivity index (χ1v) is 11.0. The van der Waals surface area contributed by atoms with Crippen molar-refractivity contribution in [3.05, 3.63) is 29.8 Å². The van der Waals surface area contributed by atoms with Gasteiger partial charge in [-0.1, -0.05) is 0 Å². The van der Waals surface area contributed by atoms with Crippen LogP contribution < -0.4 is 5.32 Å². The van der Waals surface area contributed by atoms with Gasteiger partial charge in [-0.25, -0.2) is 8.42 Å². The number of amides is 1. The molecule has 9 nitrogen and oxygen atoms in total. The summed E-state index contributed by atoms with van der Waals surface area (Å²) in [5.41, 5.74) is 1.57. The van der Waals surface area contributed by atoms with Crippen LogP contribution in [0.2, 0.25) is 0 Å². The summed E-state index contributed by atoms with van der Waals surface area (Å²) in [7, 11) is -1.93. The van der Waals surface area contributed by atoms with Crippen molar-refractivity contribution in [1.29, 1.82) is 0 Å². The maximum Gasteiger partial charge on any atom is 0.246 e. The third-order valence-corrected chi connectivity index (χ3v) is 7.17. The largest absolute Gasteiger partial charge is 0.356 e. The number of carbonyl (C=O) groups is 1. The highest BCUT2D eigenvalue weighted by Crippen LogP contribution is 2.25. The molecule has 1 amide bonds. The topological polar surface area (TPSA) is 102 Å². The lowest BCUT2D eigenvalue weighted by Crippen LogP contribution is -2.45. The number of piperidine rings is 1. The van der Waals surface area contributed by atoms with Crippen molar-refractivity contribution in [2.75, 3.05) is 19.6 Å². The molecule has 1 N–H and O–H groups in total. The zero-order chi connectivity index (χ0) is 20.3. The van der Waals surface area contributed by atoms with Crippen LogP contribution in [0.4, 0.5) is 0 Å². The lowest BCUT2D eigenvalue weighted by atomic mass is 9.99. The summed E-state index contributed by atoms with van der Waals surface area (Å²) in [6.07, 6.45) is 5.44. The summed E-state index contributed by atoms with van der Waals surface area (Å²) in [6.45, 7) is 5.59. The average molecular weight is 409 g/mol. The van der Waals surface area contributed by atoms with Gasteiger partial charge in [-0.15, -0.1) is 0 Å². The Labute approximate surface area is 165 Å². The second kappa shape index (κ2) is 8.44. The number of carbonyl (C=O) groups excluding carboxylic acids is 1. The molecule has 0 bridgehead atoms. The van der Waals surface area contributed by atoms with E-state index in [4.69, 9.17) is 0 Å². The van der Waals surface area contributed by atoms with Gasteiger partial charge in [0.25, 0.3) is 0 Å². The predicted molar refractivity (Wildman–Crippen MR) is 104 cm³/mol. The third-order valence-electron chi connectivity index (χ3n) is 5.20. The van der Waals surface area contributed by atoms with Crippen LogP contribution in [0.15, 0.2) is 23.4 Å². The molecule has 1 atom stereocenters. The Bertz CT molecular complexity index is 933. The van der Waals surface area contributed by atoms with Crippen molar-refractivity contribution in [2.45, 2.75) is 44.6 Å². The number of rotatable bonds is 7. The van der Waals surface area contributed by atoms with Gasteiger partial charge in [0.1, 0.15) is 4.90 Å². The molecule has 0 aromatic carbocycles. The SMILES string of the molecule is Cc1ccn(CCCNC(=O)[C@H]2CCCN(S(=O)(=O)c3cnn(C)c3C)C2)n1. The maximum absolute atomic E-state index is 12.9. The van der Waals surface area contributed by atoms with Crippen LogP contribution >= 0.6 is 0 Å². The number of hydrogen-bond acceptors (Lipinski definition) is 5. The highest BCUT2D eigenvalue weighted by atomic mass is 32.2. The second-order valence-corrected chi connectivity index (χ2v) is 9.19. The molecule has 1 fully saturated rings. The van der Waals surface area contributed by atoms with Crippen LogP contribution in [0.25, 0.3) is 0 Å². The fourth-order valence-corrected chi connectivity index (χ4v) is 5.14. The molecule has 1 saturated heterocycles. The fraction of sp³-hybridized carbons (Fsp3) is 0.611. The highest BCUT2D eigenvalue weighted by Gasteiger charge is 2.34. The molecule has 0 aliphatic carbocycles. The maximum atomic E-state index is 12.9. The molecule has 0 radical (unpaired) electrons. The van der Waals surface area contributed by atoms with Crippen molar-refractivity contribution in [1.82, 2.24) is 29.2 Å². The van der Waals surface area contributed by atoms with Gasteiger partial charge >= 0.3 is 0 Å². The Balaban J connectivity index is 1.53. The number of aryl methyl sites for hydroxylation is 3. The van der Waals surface area contributed by atoms with Crippen molar-refractivity contribution >= 4 is 15.9 Å². The Kier molecular flexibility index (Phi) is 6.19. The Morgan fingerprint density at radius 3 is 2.79 bits per heavy atom. The minimum atomic E-state index is -3.64. The lowest BCUT2D eigenvalue weighted by Gasteiger charge is -2.31. The first-order valence-electron chi connectivity index (χ1n) is 9.55. The minimum Gasteiger partial charge on any atom is -0.356 e. The van der Waals surface area contributed by atoms with E-state index in [0.29, 0.717) is 31.6 Å². The van der Waals surface area contributed by atoms with Crippen molar-refractivity contribution in [3.8, 4) is 0 Å². The summed E-state index contributed by atoms with van der Waals surface area (Å²) in [5.74, 6) is -0.410. The first kappa shape index (κ1) is 20.5. The van der Waals surface area contributed by atoms with Crippen LogP contribution in [0.1, 0.15) is 30.7 Å². The summed E-state index contributed by atoms with van der Waals surface area (Å²) in [4.78, 5) is 12.7. The molecule has 1 aliphatic heterocycles. The normalized spacial score (nSPS) is 18.3. The van der Waals surface area contributed by atoms with Gasteiger partial charge in [-0.2, -0.15) is 14.5 Å². The molecular weight excluding hydrogens is 380 g/mol. The molecule has 10 heteroatoms. The molecule has 3 heterocycles. The van der Waals surface area contributed by atoms with Crippen LogP contribution in [0.3, 0.4) is 0 Å². The number of sulfonamides is 1. The average Bonchev–Trinajstić information content (AvgIpc) is 3.24. The molecule has 3 rings (SSSR count). The van der Waals surface area contributed by atoms with Crippen LogP contribution in [-0.2, 0) is 28.4 Å². The zero-order valence-corrected chi connectivity index (χ0v) is 17.4. The van der Waals surface area contributed by atoms with E-state index >= 15 is 0 Å². The van der Waals surface area contributed by atoms with Gasteiger partial charge in [-0.05, 0) is 39.2 Å². The zero-order valence-electron chi connectivity index (χ0n) is 16.6. The lowest BCUT2D eigenvalue weighted by molar-refractivity contribution is -0.126. The van der Waals surface area contributed by atoms with Crippen LogP contribution in [0, 0.1) is 19.8 Å². The van der Waals surface area contributed by atoms with E-state index in [1.54, 1.807) is 18.7 Å². The van der Waals surface area contributed by atoms with E-state index in [0.717, 1.165) is 18.7 Å². The summed E-state index contributed by atoms with van der Waals surface area (Å²) < 4.78 is 30.7. The Morgan fingerprint density at radius 1 is 1.36 bits per heavy atom. The minimum absolute atomic E-state index is 0.0838. The smallest absolute Gasteiger partial charge is 0.246 e. The molecule has 2 aromatic heterocycles. The number of nitrogens with zero attached hydrogens (tertiary/aromatic N) is 5. The fourth-order valence-electron chi connectivity index (χ4n) is 3.43. The molecule has 0 spiro atoms. The summed E-state index contributed by atoms with van der Waals surface area (Å²) >= 11 is 0. The van der Waals surface area contributed by atoms with E-state index in [-0.39, 0.29) is 23.3 Å². The standard InChI is InChI=1S/C18H28N6O3S/c1-14-7-11-23(21-14)9-5-8-19-18(25)16-6-4-10-24(13-16)28(26,27)17-12-20-22(3)15(17)2/h7,11-12,16H,4-6,8-10,13H2,1-3H3,(H,19,25)/t16-/m0/s1. The highest BCUT2D eigenvalue weighted by molar-refractivity contribution is 7.89. The van der Waals surface area contributed by atoms with Crippen LogP contribution in [-0.4, -0.2) is 57.8 Å². The molecular formula is C18H28N6O3S. The quantitative estimate of drug-likeness (QED) is 0.684. The van der Waals surface area contributed by atoms with Gasteiger partial charge in [0.05, 0.1) is 23.5 Å². The predicted octanol–water partition coefficient (Wildman–Crippen LogP) is 0.841. The van der Waals surface area contributed by atoms with Crippen molar-refractivity contribution in [2.24, 2.45) is 13.0 Å². The van der Waals surface area contributed by atoms with E-state index < -0.39 is 10.0 Å².